The SMILES string of the molecule is CCCN1CC(C)(CNC)OC1=O. The van der Waals surface area contributed by atoms with Crippen molar-refractivity contribution < 1.29 is 9.53 Å². The molecule has 1 fully saturated rings. The molecular weight excluding hydrogens is 168 g/mol. The molecular formula is C9H18N2O2. The number of hydrogen-bond acceptors (Lipinski definition) is 3. The number of carbonyl (C=O) groups excluding carboxylic acids is 1. The molecule has 76 valence electrons. The summed E-state index contributed by atoms with van der Waals surface area (Å²) in [4.78, 5) is 13.1. The van der Waals surface area contributed by atoms with E-state index in [9.17, 15) is 4.79 Å². The molecule has 1 saturated heterocycles. The van der Waals surface area contributed by atoms with Crippen LogP contribution in [0.1, 0.15) is 20.3 Å². The van der Waals surface area contributed by atoms with Gasteiger partial charge in [-0.1, -0.05) is 6.92 Å². The minimum atomic E-state index is -0.346. The predicted octanol–water partition coefficient (Wildman–Crippen LogP) is 0.827. The lowest BCUT2D eigenvalue weighted by atomic mass is 10.1. The van der Waals surface area contributed by atoms with Gasteiger partial charge in [0.05, 0.1) is 6.54 Å². The topological polar surface area (TPSA) is 41.6 Å². The van der Waals surface area contributed by atoms with Crippen LogP contribution in [0.25, 0.3) is 0 Å². The third-order valence-corrected chi connectivity index (χ3v) is 2.16. The number of cyclic esters (lactones) is 1. The summed E-state index contributed by atoms with van der Waals surface area (Å²) in [5.74, 6) is 0. The van der Waals surface area contributed by atoms with Crippen LogP contribution in [0, 0.1) is 0 Å². The van der Waals surface area contributed by atoms with Gasteiger partial charge in [0.15, 0.2) is 0 Å². The Balaban J connectivity index is 2.53. The molecule has 1 heterocycles. The van der Waals surface area contributed by atoms with Crippen molar-refractivity contribution in [1.29, 1.82) is 0 Å². The zero-order chi connectivity index (χ0) is 9.90. The Morgan fingerprint density at radius 1 is 1.69 bits per heavy atom. The average Bonchev–Trinajstić information content (AvgIpc) is 2.28. The Bertz CT molecular complexity index is 196. The van der Waals surface area contributed by atoms with E-state index in [4.69, 9.17) is 4.74 Å². The van der Waals surface area contributed by atoms with Gasteiger partial charge in [0.2, 0.25) is 0 Å². The normalized spacial score (nSPS) is 27.9. The number of likely N-dealkylation sites (N-methyl/N-ethyl adjacent to an activating group) is 1. The van der Waals surface area contributed by atoms with Crippen LogP contribution in [-0.2, 0) is 4.74 Å². The quantitative estimate of drug-likeness (QED) is 0.707. The van der Waals surface area contributed by atoms with Crippen molar-refractivity contribution in [3.05, 3.63) is 0 Å². The second-order valence-corrected chi connectivity index (χ2v) is 3.77. The van der Waals surface area contributed by atoms with Crippen molar-refractivity contribution >= 4 is 6.09 Å². The van der Waals surface area contributed by atoms with E-state index in [1.54, 1.807) is 4.90 Å². The number of ether oxygens (including phenoxy) is 1. The molecule has 1 aliphatic rings. The summed E-state index contributed by atoms with van der Waals surface area (Å²) in [6, 6.07) is 0. The molecule has 1 amide bonds. The van der Waals surface area contributed by atoms with E-state index in [1.807, 2.05) is 14.0 Å². The molecule has 4 nitrogen and oxygen atoms in total. The molecule has 1 N–H and O–H groups in total. The van der Waals surface area contributed by atoms with Crippen LogP contribution in [0.15, 0.2) is 0 Å². The lowest BCUT2D eigenvalue weighted by Gasteiger charge is -2.20. The van der Waals surface area contributed by atoms with E-state index in [2.05, 4.69) is 12.2 Å². The summed E-state index contributed by atoms with van der Waals surface area (Å²) >= 11 is 0. The highest BCUT2D eigenvalue weighted by molar-refractivity contribution is 5.70. The van der Waals surface area contributed by atoms with E-state index < -0.39 is 0 Å². The van der Waals surface area contributed by atoms with Gasteiger partial charge in [-0.25, -0.2) is 4.79 Å². The molecule has 0 aliphatic carbocycles. The first-order chi connectivity index (χ1) is 6.11. The molecule has 1 aliphatic heterocycles. The van der Waals surface area contributed by atoms with Crippen molar-refractivity contribution in [2.24, 2.45) is 0 Å². The second-order valence-electron chi connectivity index (χ2n) is 3.77. The third kappa shape index (κ3) is 2.34. The first-order valence-electron chi connectivity index (χ1n) is 4.74. The Morgan fingerprint density at radius 2 is 2.38 bits per heavy atom. The average molecular weight is 186 g/mol. The van der Waals surface area contributed by atoms with E-state index >= 15 is 0 Å². The van der Waals surface area contributed by atoms with Crippen molar-refractivity contribution in [3.63, 3.8) is 0 Å². The van der Waals surface area contributed by atoms with Crippen LogP contribution in [0.3, 0.4) is 0 Å². The standard InChI is InChI=1S/C9H18N2O2/c1-4-5-11-7-9(2,6-10-3)13-8(11)12/h10H,4-7H2,1-3H3. The number of nitrogens with one attached hydrogen (secondary N) is 1. The number of amides is 1. The Labute approximate surface area is 79.2 Å². The van der Waals surface area contributed by atoms with Gasteiger partial charge in [-0.05, 0) is 20.4 Å². The maximum Gasteiger partial charge on any atom is 0.410 e. The van der Waals surface area contributed by atoms with Gasteiger partial charge in [0.25, 0.3) is 0 Å². The van der Waals surface area contributed by atoms with Gasteiger partial charge in [-0.2, -0.15) is 0 Å². The second kappa shape index (κ2) is 3.96. The molecule has 1 unspecified atom stereocenters. The van der Waals surface area contributed by atoms with E-state index in [0.717, 1.165) is 13.0 Å². The van der Waals surface area contributed by atoms with Gasteiger partial charge >= 0.3 is 6.09 Å². The van der Waals surface area contributed by atoms with Crippen LogP contribution in [0.2, 0.25) is 0 Å². The van der Waals surface area contributed by atoms with E-state index in [1.165, 1.54) is 0 Å². The first-order valence-corrected chi connectivity index (χ1v) is 4.74. The molecule has 0 aromatic rings. The maximum atomic E-state index is 11.3. The molecule has 0 aromatic carbocycles. The zero-order valence-corrected chi connectivity index (χ0v) is 8.59. The van der Waals surface area contributed by atoms with E-state index in [-0.39, 0.29) is 11.7 Å². The Morgan fingerprint density at radius 3 is 2.92 bits per heavy atom. The fourth-order valence-electron chi connectivity index (χ4n) is 1.68. The summed E-state index contributed by atoms with van der Waals surface area (Å²) in [6.45, 7) is 6.20. The van der Waals surface area contributed by atoms with Crippen LogP contribution < -0.4 is 5.32 Å². The molecule has 0 saturated carbocycles. The highest BCUT2D eigenvalue weighted by Crippen LogP contribution is 2.21. The predicted molar refractivity (Wildman–Crippen MR) is 50.7 cm³/mol. The number of hydrogen-bond donors (Lipinski definition) is 1. The van der Waals surface area contributed by atoms with Crippen molar-refractivity contribution in [1.82, 2.24) is 10.2 Å². The minimum Gasteiger partial charge on any atom is -0.440 e. The molecule has 4 heteroatoms. The monoisotopic (exact) mass is 186 g/mol. The summed E-state index contributed by atoms with van der Waals surface area (Å²) in [7, 11) is 1.86. The fraction of sp³-hybridized carbons (Fsp3) is 0.889. The number of carbonyl (C=O) groups is 1. The summed E-state index contributed by atoms with van der Waals surface area (Å²) in [5.41, 5.74) is -0.346. The number of rotatable bonds is 4. The van der Waals surface area contributed by atoms with Crippen molar-refractivity contribution in [2.45, 2.75) is 25.9 Å². The lowest BCUT2D eigenvalue weighted by Crippen LogP contribution is -2.40. The number of nitrogens with zero attached hydrogens (tertiary/aromatic N) is 1. The molecule has 1 atom stereocenters. The highest BCUT2D eigenvalue weighted by Gasteiger charge is 2.40. The first kappa shape index (κ1) is 10.3. The highest BCUT2D eigenvalue weighted by atomic mass is 16.6. The molecule has 0 radical (unpaired) electrons. The smallest absolute Gasteiger partial charge is 0.410 e. The molecule has 13 heavy (non-hydrogen) atoms. The maximum absolute atomic E-state index is 11.3. The zero-order valence-electron chi connectivity index (χ0n) is 8.59. The Kier molecular flexibility index (Phi) is 3.14. The third-order valence-electron chi connectivity index (χ3n) is 2.16. The van der Waals surface area contributed by atoms with Crippen LogP contribution in [0.4, 0.5) is 4.79 Å². The van der Waals surface area contributed by atoms with Crippen molar-refractivity contribution in [2.75, 3.05) is 26.7 Å². The summed E-state index contributed by atoms with van der Waals surface area (Å²) in [6.07, 6.45) is 0.796. The summed E-state index contributed by atoms with van der Waals surface area (Å²) in [5, 5.41) is 3.03. The van der Waals surface area contributed by atoms with Crippen LogP contribution >= 0.6 is 0 Å². The Hall–Kier alpha value is -0.770. The van der Waals surface area contributed by atoms with Crippen LogP contribution in [-0.4, -0.2) is 43.3 Å². The fourth-order valence-corrected chi connectivity index (χ4v) is 1.68. The molecule has 0 aromatic heterocycles. The van der Waals surface area contributed by atoms with Gasteiger partial charge < -0.3 is 15.0 Å². The van der Waals surface area contributed by atoms with Crippen molar-refractivity contribution in [3.8, 4) is 0 Å². The molecule has 0 bridgehead atoms. The van der Waals surface area contributed by atoms with Gasteiger partial charge in [-0.3, -0.25) is 0 Å². The van der Waals surface area contributed by atoms with Gasteiger partial charge in [0.1, 0.15) is 5.60 Å². The lowest BCUT2D eigenvalue weighted by molar-refractivity contribution is 0.0729. The van der Waals surface area contributed by atoms with Gasteiger partial charge in [-0.15, -0.1) is 0 Å². The minimum absolute atomic E-state index is 0.181. The summed E-state index contributed by atoms with van der Waals surface area (Å²) < 4.78 is 5.28. The van der Waals surface area contributed by atoms with Gasteiger partial charge in [0, 0.05) is 13.1 Å². The largest absolute Gasteiger partial charge is 0.440 e. The molecule has 0 spiro atoms. The van der Waals surface area contributed by atoms with Crippen LogP contribution in [0.5, 0.6) is 0 Å². The molecule has 1 rings (SSSR count). The van der Waals surface area contributed by atoms with E-state index in [0.29, 0.717) is 13.1 Å².